The van der Waals surface area contributed by atoms with Crippen LogP contribution < -0.4 is 4.74 Å². The van der Waals surface area contributed by atoms with Gasteiger partial charge >= 0.3 is 6.36 Å². The number of halogens is 3. The number of rotatable bonds is 6. The highest BCUT2D eigenvalue weighted by atomic mass is 19.4. The molecular weight excluding hydrogens is 277 g/mol. The molecule has 20 heavy (non-hydrogen) atoms. The second-order valence-corrected chi connectivity index (χ2v) is 4.53. The third-order valence-corrected chi connectivity index (χ3v) is 2.65. The van der Waals surface area contributed by atoms with Gasteiger partial charge in [-0.05, 0) is 24.6 Å². The molecule has 0 bridgehead atoms. The molecule has 0 saturated heterocycles. The second kappa shape index (κ2) is 6.43. The molecule has 1 atom stereocenters. The van der Waals surface area contributed by atoms with E-state index in [0.29, 0.717) is 5.56 Å². The summed E-state index contributed by atoms with van der Waals surface area (Å²) in [5, 5.41) is 10.2. The van der Waals surface area contributed by atoms with Crippen molar-refractivity contribution in [1.82, 2.24) is 0 Å². The van der Waals surface area contributed by atoms with Crippen molar-refractivity contribution in [1.29, 1.82) is 0 Å². The monoisotopic (exact) mass is 294 g/mol. The fourth-order valence-corrected chi connectivity index (χ4v) is 1.91. The van der Waals surface area contributed by atoms with Gasteiger partial charge in [-0.2, -0.15) is 0 Å². The summed E-state index contributed by atoms with van der Waals surface area (Å²) in [6, 6.07) is 5.26. The summed E-state index contributed by atoms with van der Waals surface area (Å²) >= 11 is 0. The molecular formula is C13H17F3O4. The minimum atomic E-state index is -4.72. The van der Waals surface area contributed by atoms with Gasteiger partial charge in [-0.3, -0.25) is 0 Å². The molecule has 114 valence electrons. The molecule has 1 rings (SSSR count). The van der Waals surface area contributed by atoms with Crippen molar-refractivity contribution >= 4 is 0 Å². The van der Waals surface area contributed by atoms with Crippen LogP contribution in [0.5, 0.6) is 5.75 Å². The molecule has 1 aromatic carbocycles. The van der Waals surface area contributed by atoms with Crippen molar-refractivity contribution in [3.05, 3.63) is 29.8 Å². The fraction of sp³-hybridized carbons (Fsp3) is 0.538. The Morgan fingerprint density at radius 1 is 1.10 bits per heavy atom. The van der Waals surface area contributed by atoms with Crippen LogP contribution in [-0.2, 0) is 15.9 Å². The van der Waals surface area contributed by atoms with E-state index in [9.17, 15) is 18.3 Å². The fourth-order valence-electron chi connectivity index (χ4n) is 1.91. The van der Waals surface area contributed by atoms with E-state index < -0.39 is 18.3 Å². The maximum Gasteiger partial charge on any atom is 0.573 e. The van der Waals surface area contributed by atoms with E-state index in [1.54, 1.807) is 0 Å². The van der Waals surface area contributed by atoms with E-state index in [4.69, 9.17) is 9.47 Å². The van der Waals surface area contributed by atoms with E-state index in [2.05, 4.69) is 4.74 Å². The van der Waals surface area contributed by atoms with E-state index in [1.165, 1.54) is 45.4 Å². The normalized spacial score (nSPS) is 15.2. The van der Waals surface area contributed by atoms with Crippen molar-refractivity contribution in [2.24, 2.45) is 0 Å². The predicted octanol–water partition coefficient (Wildman–Crippen LogP) is 2.50. The van der Waals surface area contributed by atoms with Crippen molar-refractivity contribution < 1.29 is 32.5 Å². The molecule has 0 aliphatic heterocycles. The largest absolute Gasteiger partial charge is 0.573 e. The minimum absolute atomic E-state index is 0.158. The standard InChI is InChI=1S/C13H17F3O4/c1-12(17,11(18-2)19-3)8-9-4-6-10(7-5-9)20-13(14,15)16/h4-7,11,17H,8H2,1-3H3. The molecule has 0 aliphatic rings. The van der Waals surface area contributed by atoms with Crippen LogP contribution in [0.4, 0.5) is 13.2 Å². The lowest BCUT2D eigenvalue weighted by atomic mass is 9.96. The summed E-state index contributed by atoms with van der Waals surface area (Å²) in [4.78, 5) is 0. The summed E-state index contributed by atoms with van der Waals surface area (Å²) in [6.07, 6.45) is -5.40. The number of ether oxygens (including phenoxy) is 3. The zero-order valence-electron chi connectivity index (χ0n) is 11.4. The SMILES string of the molecule is COC(OC)C(C)(O)Cc1ccc(OC(F)(F)F)cc1. The zero-order chi connectivity index (χ0) is 15.4. The average molecular weight is 294 g/mol. The first-order valence-electron chi connectivity index (χ1n) is 5.80. The highest BCUT2D eigenvalue weighted by molar-refractivity contribution is 5.28. The molecule has 0 aliphatic carbocycles. The molecule has 0 saturated carbocycles. The van der Waals surface area contributed by atoms with Crippen LogP contribution in [0, 0.1) is 0 Å². The third kappa shape index (κ3) is 4.99. The highest BCUT2D eigenvalue weighted by Gasteiger charge is 2.33. The Morgan fingerprint density at radius 2 is 1.60 bits per heavy atom. The highest BCUT2D eigenvalue weighted by Crippen LogP contribution is 2.25. The molecule has 1 unspecified atom stereocenters. The first-order valence-corrected chi connectivity index (χ1v) is 5.80. The zero-order valence-corrected chi connectivity index (χ0v) is 11.4. The van der Waals surface area contributed by atoms with Crippen LogP contribution in [-0.4, -0.2) is 37.6 Å². The predicted molar refractivity (Wildman–Crippen MR) is 65.3 cm³/mol. The summed E-state index contributed by atoms with van der Waals surface area (Å²) in [7, 11) is 2.78. The minimum Gasteiger partial charge on any atom is -0.406 e. The van der Waals surface area contributed by atoms with Gasteiger partial charge in [0.2, 0.25) is 0 Å². The first kappa shape index (κ1) is 16.7. The van der Waals surface area contributed by atoms with Crippen LogP contribution in [0.25, 0.3) is 0 Å². The molecule has 0 radical (unpaired) electrons. The Kier molecular flexibility index (Phi) is 5.38. The van der Waals surface area contributed by atoms with Gasteiger partial charge in [0.25, 0.3) is 0 Å². The van der Waals surface area contributed by atoms with Gasteiger partial charge in [0.05, 0.1) is 0 Å². The smallest absolute Gasteiger partial charge is 0.406 e. The Morgan fingerprint density at radius 3 is 2.00 bits per heavy atom. The van der Waals surface area contributed by atoms with Crippen LogP contribution in [0.1, 0.15) is 12.5 Å². The van der Waals surface area contributed by atoms with Gasteiger partial charge in [-0.15, -0.1) is 13.2 Å². The van der Waals surface area contributed by atoms with Crippen molar-refractivity contribution in [2.45, 2.75) is 31.6 Å². The lowest BCUT2D eigenvalue weighted by Gasteiger charge is -2.30. The number of hydrogen-bond donors (Lipinski definition) is 1. The van der Waals surface area contributed by atoms with Crippen LogP contribution >= 0.6 is 0 Å². The molecule has 0 amide bonds. The Labute approximate surface area is 115 Å². The van der Waals surface area contributed by atoms with E-state index >= 15 is 0 Å². The van der Waals surface area contributed by atoms with E-state index in [1.807, 2.05) is 0 Å². The number of hydrogen-bond acceptors (Lipinski definition) is 4. The third-order valence-electron chi connectivity index (χ3n) is 2.65. The Balaban J connectivity index is 2.74. The van der Waals surface area contributed by atoms with Crippen molar-refractivity contribution in [3.63, 3.8) is 0 Å². The topological polar surface area (TPSA) is 47.9 Å². The van der Waals surface area contributed by atoms with Crippen molar-refractivity contribution in [3.8, 4) is 5.75 Å². The number of alkyl halides is 3. The van der Waals surface area contributed by atoms with E-state index in [-0.39, 0.29) is 12.2 Å². The lowest BCUT2D eigenvalue weighted by Crippen LogP contribution is -2.43. The number of methoxy groups -OCH3 is 2. The average Bonchev–Trinajstić information content (AvgIpc) is 2.30. The van der Waals surface area contributed by atoms with Crippen LogP contribution in [0.15, 0.2) is 24.3 Å². The van der Waals surface area contributed by atoms with Crippen molar-refractivity contribution in [2.75, 3.05) is 14.2 Å². The summed E-state index contributed by atoms with van der Waals surface area (Å²) < 4.78 is 49.8. The van der Waals surface area contributed by atoms with Gasteiger partial charge in [-0.1, -0.05) is 12.1 Å². The number of benzene rings is 1. The Hall–Kier alpha value is -1.31. The van der Waals surface area contributed by atoms with Gasteiger partial charge in [0.1, 0.15) is 11.4 Å². The molecule has 7 heteroatoms. The Bertz CT molecular complexity index is 411. The van der Waals surface area contributed by atoms with Gasteiger partial charge < -0.3 is 19.3 Å². The molecule has 0 aromatic heterocycles. The van der Waals surface area contributed by atoms with Gasteiger partial charge in [0.15, 0.2) is 6.29 Å². The van der Waals surface area contributed by atoms with E-state index in [0.717, 1.165) is 0 Å². The molecule has 0 fully saturated rings. The van der Waals surface area contributed by atoms with Gasteiger partial charge in [0, 0.05) is 20.6 Å². The first-order chi connectivity index (χ1) is 9.18. The van der Waals surface area contributed by atoms with Gasteiger partial charge in [-0.25, -0.2) is 0 Å². The summed E-state index contributed by atoms with van der Waals surface area (Å²) in [5.41, 5.74) is -0.681. The summed E-state index contributed by atoms with van der Waals surface area (Å²) in [6.45, 7) is 1.52. The number of aliphatic hydroxyl groups is 1. The second-order valence-electron chi connectivity index (χ2n) is 4.53. The maximum absolute atomic E-state index is 12.0. The quantitative estimate of drug-likeness (QED) is 0.819. The molecule has 1 N–H and O–H groups in total. The maximum atomic E-state index is 12.0. The van der Waals surface area contributed by atoms with Crippen LogP contribution in [0.2, 0.25) is 0 Å². The summed E-state index contributed by atoms with van der Waals surface area (Å²) in [5.74, 6) is -0.309. The lowest BCUT2D eigenvalue weighted by molar-refractivity contribution is -0.274. The molecule has 0 heterocycles. The molecule has 4 nitrogen and oxygen atoms in total. The molecule has 1 aromatic rings. The molecule has 0 spiro atoms. The van der Waals surface area contributed by atoms with Crippen LogP contribution in [0.3, 0.4) is 0 Å².